The third-order valence-electron chi connectivity index (χ3n) is 5.31. The van der Waals surface area contributed by atoms with Crippen molar-refractivity contribution in [2.75, 3.05) is 12.4 Å². The number of nitrogens with zero attached hydrogens (tertiary/aromatic N) is 1. The number of nitrogens with one attached hydrogen (secondary N) is 1. The summed E-state index contributed by atoms with van der Waals surface area (Å²) in [6.07, 6.45) is 5.56. The number of ether oxygens (including phenoxy) is 1. The second kappa shape index (κ2) is 8.54. The molecule has 138 valence electrons. The van der Waals surface area contributed by atoms with Crippen molar-refractivity contribution in [3.63, 3.8) is 0 Å². The Balaban J connectivity index is 1.40. The molecule has 7 heteroatoms. The number of thioether (sulfide) groups is 1. The van der Waals surface area contributed by atoms with E-state index in [1.165, 1.54) is 48.8 Å². The van der Waals surface area contributed by atoms with Gasteiger partial charge in [0, 0.05) is 11.4 Å². The lowest BCUT2D eigenvalue weighted by molar-refractivity contribution is -0.142. The number of rotatable bonds is 8. The fourth-order valence-corrected chi connectivity index (χ4v) is 5.89. The van der Waals surface area contributed by atoms with Gasteiger partial charge in [0.25, 0.3) is 0 Å². The highest BCUT2D eigenvalue weighted by atomic mass is 32.2. The van der Waals surface area contributed by atoms with Crippen molar-refractivity contribution in [1.82, 2.24) is 10.3 Å². The van der Waals surface area contributed by atoms with Gasteiger partial charge in [0.2, 0.25) is 5.91 Å². The van der Waals surface area contributed by atoms with Crippen LogP contribution in [0.5, 0.6) is 0 Å². The molecule has 1 aromatic heterocycles. The monoisotopic (exact) mass is 382 g/mol. The SMILES string of the molecule is CCOC(=O)Cc1csc(SCC(=O)N[C@@H](C)[C@@H]2C[C@H]3CC[C@H]2C3)n1. The van der Waals surface area contributed by atoms with Crippen molar-refractivity contribution in [1.29, 1.82) is 0 Å². The zero-order valence-electron chi connectivity index (χ0n) is 14.8. The van der Waals surface area contributed by atoms with E-state index >= 15 is 0 Å². The Morgan fingerprint density at radius 2 is 2.28 bits per heavy atom. The highest BCUT2D eigenvalue weighted by Gasteiger charge is 2.42. The predicted molar refractivity (Wildman–Crippen MR) is 99.7 cm³/mol. The van der Waals surface area contributed by atoms with Gasteiger partial charge >= 0.3 is 5.97 Å². The molecule has 25 heavy (non-hydrogen) atoms. The van der Waals surface area contributed by atoms with Crippen LogP contribution in [0.3, 0.4) is 0 Å². The van der Waals surface area contributed by atoms with Crippen LogP contribution in [0.25, 0.3) is 0 Å². The van der Waals surface area contributed by atoms with Gasteiger partial charge < -0.3 is 10.1 Å². The number of hydrogen-bond donors (Lipinski definition) is 1. The lowest BCUT2D eigenvalue weighted by Crippen LogP contribution is -2.40. The van der Waals surface area contributed by atoms with Crippen LogP contribution in [0.4, 0.5) is 0 Å². The molecule has 0 spiro atoms. The van der Waals surface area contributed by atoms with E-state index in [0.717, 1.165) is 16.2 Å². The first kappa shape index (κ1) is 18.7. The summed E-state index contributed by atoms with van der Waals surface area (Å²) in [5.41, 5.74) is 0.710. The van der Waals surface area contributed by atoms with Crippen molar-refractivity contribution in [3.8, 4) is 0 Å². The molecule has 3 rings (SSSR count). The maximum atomic E-state index is 12.2. The number of carbonyl (C=O) groups is 2. The second-order valence-electron chi connectivity index (χ2n) is 7.07. The fraction of sp³-hybridized carbons (Fsp3) is 0.722. The lowest BCUT2D eigenvalue weighted by Gasteiger charge is -2.28. The first-order valence-electron chi connectivity index (χ1n) is 9.07. The van der Waals surface area contributed by atoms with E-state index in [-0.39, 0.29) is 24.3 Å². The van der Waals surface area contributed by atoms with Gasteiger partial charge in [0.15, 0.2) is 4.34 Å². The van der Waals surface area contributed by atoms with E-state index in [1.807, 2.05) is 5.38 Å². The van der Waals surface area contributed by atoms with Crippen LogP contribution >= 0.6 is 23.1 Å². The van der Waals surface area contributed by atoms with Crippen molar-refractivity contribution in [2.24, 2.45) is 17.8 Å². The maximum Gasteiger partial charge on any atom is 0.311 e. The normalized spacial score (nSPS) is 25.8. The van der Waals surface area contributed by atoms with Crippen molar-refractivity contribution >= 4 is 35.0 Å². The molecule has 5 nitrogen and oxygen atoms in total. The van der Waals surface area contributed by atoms with E-state index in [1.54, 1.807) is 6.92 Å². The molecule has 0 aromatic carbocycles. The third-order valence-corrected chi connectivity index (χ3v) is 7.38. The van der Waals surface area contributed by atoms with Gasteiger partial charge in [-0.1, -0.05) is 18.2 Å². The molecule has 0 saturated heterocycles. The zero-order chi connectivity index (χ0) is 17.8. The molecule has 2 saturated carbocycles. The van der Waals surface area contributed by atoms with E-state index in [9.17, 15) is 9.59 Å². The van der Waals surface area contributed by atoms with Gasteiger partial charge in [-0.15, -0.1) is 11.3 Å². The summed E-state index contributed by atoms with van der Waals surface area (Å²) in [6.45, 7) is 4.32. The first-order valence-corrected chi connectivity index (χ1v) is 10.9. The largest absolute Gasteiger partial charge is 0.466 e. The Kier molecular flexibility index (Phi) is 6.39. The third kappa shape index (κ3) is 4.97. The predicted octanol–water partition coefficient (Wildman–Crippen LogP) is 3.28. The zero-order valence-corrected chi connectivity index (χ0v) is 16.5. The summed E-state index contributed by atoms with van der Waals surface area (Å²) in [4.78, 5) is 28.1. The van der Waals surface area contributed by atoms with E-state index in [2.05, 4.69) is 17.2 Å². The summed E-state index contributed by atoms with van der Waals surface area (Å²) in [5, 5.41) is 5.03. The number of carbonyl (C=O) groups excluding carboxylic acids is 2. The first-order chi connectivity index (χ1) is 12.0. The van der Waals surface area contributed by atoms with Crippen LogP contribution in [0.2, 0.25) is 0 Å². The minimum absolute atomic E-state index is 0.0717. The molecule has 1 aromatic rings. The number of aromatic nitrogens is 1. The maximum absolute atomic E-state index is 12.2. The summed E-state index contributed by atoms with van der Waals surface area (Å²) < 4.78 is 5.74. The highest BCUT2D eigenvalue weighted by Crippen LogP contribution is 2.49. The minimum Gasteiger partial charge on any atom is -0.466 e. The average molecular weight is 383 g/mol. The Morgan fingerprint density at radius 3 is 2.96 bits per heavy atom. The topological polar surface area (TPSA) is 68.3 Å². The molecule has 4 atom stereocenters. The molecule has 1 amide bonds. The molecular weight excluding hydrogens is 356 g/mol. The van der Waals surface area contributed by atoms with Crippen LogP contribution in [-0.2, 0) is 20.7 Å². The molecule has 2 fully saturated rings. The Hall–Kier alpha value is -1.08. The molecular formula is C18H26N2O3S2. The van der Waals surface area contributed by atoms with Gasteiger partial charge in [0.05, 0.1) is 24.5 Å². The van der Waals surface area contributed by atoms with E-state index in [0.29, 0.717) is 24.0 Å². The number of fused-ring (bicyclic) bond motifs is 2. The summed E-state index contributed by atoms with van der Waals surface area (Å²) in [7, 11) is 0. The number of esters is 1. The number of amides is 1. The lowest BCUT2D eigenvalue weighted by atomic mass is 9.84. The second-order valence-corrected chi connectivity index (χ2v) is 9.15. The Morgan fingerprint density at radius 1 is 1.44 bits per heavy atom. The van der Waals surface area contributed by atoms with Crippen molar-refractivity contribution in [2.45, 2.75) is 56.3 Å². The van der Waals surface area contributed by atoms with Gasteiger partial charge in [-0.2, -0.15) is 0 Å². The standard InChI is InChI=1S/C18H26N2O3S2/c1-3-23-17(22)8-14-9-24-18(20-14)25-10-16(21)19-11(2)15-7-12-4-5-13(15)6-12/h9,11-13,15H,3-8,10H2,1-2H3,(H,19,21)/t11-,12-,13-,15-/m0/s1. The number of hydrogen-bond acceptors (Lipinski definition) is 6. The molecule has 0 unspecified atom stereocenters. The number of thiazole rings is 1. The Labute approximate surface area is 157 Å². The molecule has 0 radical (unpaired) electrons. The fourth-order valence-electron chi connectivity index (χ4n) is 4.23. The molecule has 1 N–H and O–H groups in total. The Bertz CT molecular complexity index is 619. The van der Waals surface area contributed by atoms with Crippen LogP contribution in [0.15, 0.2) is 9.72 Å². The van der Waals surface area contributed by atoms with Gasteiger partial charge in [0.1, 0.15) is 0 Å². The van der Waals surface area contributed by atoms with Crippen molar-refractivity contribution < 1.29 is 14.3 Å². The van der Waals surface area contributed by atoms with Crippen molar-refractivity contribution in [3.05, 3.63) is 11.1 Å². The molecule has 2 aliphatic carbocycles. The van der Waals surface area contributed by atoms with Gasteiger partial charge in [-0.05, 0) is 50.9 Å². The highest BCUT2D eigenvalue weighted by molar-refractivity contribution is 8.01. The van der Waals surface area contributed by atoms with Gasteiger partial charge in [-0.3, -0.25) is 9.59 Å². The van der Waals surface area contributed by atoms with Crippen LogP contribution in [0, 0.1) is 17.8 Å². The van der Waals surface area contributed by atoms with E-state index < -0.39 is 0 Å². The summed E-state index contributed by atoms with van der Waals surface area (Å²) >= 11 is 2.90. The van der Waals surface area contributed by atoms with Gasteiger partial charge in [-0.25, -0.2) is 4.98 Å². The van der Waals surface area contributed by atoms with Crippen LogP contribution in [-0.4, -0.2) is 35.3 Å². The van der Waals surface area contributed by atoms with Crippen LogP contribution in [0.1, 0.15) is 45.2 Å². The summed E-state index contributed by atoms with van der Waals surface area (Å²) in [6, 6.07) is 0.263. The molecule has 2 bridgehead atoms. The average Bonchev–Trinajstić information content (AvgIpc) is 3.29. The molecule has 2 aliphatic rings. The summed E-state index contributed by atoms with van der Waals surface area (Å²) in [5.74, 6) is 2.56. The van der Waals surface area contributed by atoms with Crippen LogP contribution < -0.4 is 5.32 Å². The quantitative estimate of drug-likeness (QED) is 0.552. The molecule has 0 aliphatic heterocycles. The smallest absolute Gasteiger partial charge is 0.311 e. The minimum atomic E-state index is -0.262. The van der Waals surface area contributed by atoms with E-state index in [4.69, 9.17) is 4.74 Å². The molecule has 1 heterocycles.